The van der Waals surface area contributed by atoms with E-state index in [-0.39, 0.29) is 11.9 Å². The van der Waals surface area contributed by atoms with E-state index in [0.717, 1.165) is 30.8 Å². The SMILES string of the molecule is CS(=O)(=O)N1CCc2[nH]cnc2C12CCN(C(=O)[C@@H]1CCCN1)CC2. The highest BCUT2D eigenvalue weighted by atomic mass is 32.2. The molecule has 1 amide bonds. The Hall–Kier alpha value is -1.45. The second-order valence-corrected chi connectivity index (χ2v) is 9.23. The van der Waals surface area contributed by atoms with E-state index in [1.807, 2.05) is 4.90 Å². The molecule has 25 heavy (non-hydrogen) atoms. The maximum Gasteiger partial charge on any atom is 0.239 e. The Bertz CT molecular complexity index is 760. The molecule has 0 saturated carbocycles. The third-order valence-electron chi connectivity index (χ3n) is 5.86. The predicted molar refractivity (Wildman–Crippen MR) is 92.4 cm³/mol. The maximum atomic E-state index is 12.7. The first-order chi connectivity index (χ1) is 11.9. The number of aromatic amines is 1. The van der Waals surface area contributed by atoms with Crippen LogP contribution in [0.1, 0.15) is 37.1 Å². The van der Waals surface area contributed by atoms with Crippen LogP contribution in [0.3, 0.4) is 0 Å². The van der Waals surface area contributed by atoms with Gasteiger partial charge >= 0.3 is 0 Å². The van der Waals surface area contributed by atoms with Crippen LogP contribution in [-0.4, -0.2) is 72.0 Å². The summed E-state index contributed by atoms with van der Waals surface area (Å²) in [5.41, 5.74) is 1.24. The number of fused-ring (bicyclic) bond motifs is 2. The molecule has 0 bridgehead atoms. The molecule has 0 aromatic carbocycles. The average molecular weight is 367 g/mol. The summed E-state index contributed by atoms with van der Waals surface area (Å²) in [6, 6.07) is -0.0765. The van der Waals surface area contributed by atoms with Crippen LogP contribution in [0.4, 0.5) is 0 Å². The van der Waals surface area contributed by atoms with Crippen molar-refractivity contribution in [3.63, 3.8) is 0 Å². The van der Waals surface area contributed by atoms with Gasteiger partial charge in [0.1, 0.15) is 0 Å². The minimum atomic E-state index is -3.34. The third-order valence-corrected chi connectivity index (χ3v) is 7.20. The van der Waals surface area contributed by atoms with Gasteiger partial charge in [-0.15, -0.1) is 0 Å². The monoisotopic (exact) mass is 367 g/mol. The van der Waals surface area contributed by atoms with Crippen LogP contribution >= 0.6 is 0 Å². The first-order valence-electron chi connectivity index (χ1n) is 8.94. The Morgan fingerprint density at radius 1 is 1.32 bits per heavy atom. The zero-order chi connectivity index (χ0) is 17.7. The number of likely N-dealkylation sites (tertiary alicyclic amines) is 1. The first-order valence-corrected chi connectivity index (χ1v) is 10.8. The van der Waals surface area contributed by atoms with Gasteiger partial charge in [-0.05, 0) is 32.2 Å². The van der Waals surface area contributed by atoms with Gasteiger partial charge in [0, 0.05) is 31.7 Å². The largest absolute Gasteiger partial charge is 0.348 e. The molecule has 3 aliphatic rings. The fraction of sp³-hybridized carbons (Fsp3) is 0.750. The fourth-order valence-electron chi connectivity index (χ4n) is 4.64. The summed E-state index contributed by atoms with van der Waals surface area (Å²) in [7, 11) is -3.34. The number of aromatic nitrogens is 2. The first kappa shape index (κ1) is 17.0. The number of carbonyl (C=O) groups is 1. The molecule has 2 fully saturated rings. The number of nitrogens with zero attached hydrogens (tertiary/aromatic N) is 3. The Balaban J connectivity index is 1.59. The number of piperidine rings is 1. The van der Waals surface area contributed by atoms with Crippen molar-refractivity contribution >= 4 is 15.9 Å². The van der Waals surface area contributed by atoms with Crippen molar-refractivity contribution in [3.05, 3.63) is 17.7 Å². The van der Waals surface area contributed by atoms with Gasteiger partial charge in [-0.3, -0.25) is 4.79 Å². The maximum absolute atomic E-state index is 12.7. The molecule has 1 spiro atoms. The molecule has 0 aliphatic carbocycles. The lowest BCUT2D eigenvalue weighted by Crippen LogP contribution is -2.59. The van der Waals surface area contributed by atoms with Gasteiger partial charge in [0.15, 0.2) is 0 Å². The Morgan fingerprint density at radius 2 is 2.08 bits per heavy atom. The fourth-order valence-corrected chi connectivity index (χ4v) is 5.97. The quantitative estimate of drug-likeness (QED) is 0.754. The summed E-state index contributed by atoms with van der Waals surface area (Å²) in [5.74, 6) is 0.149. The molecule has 1 aromatic rings. The minimum Gasteiger partial charge on any atom is -0.348 e. The number of hydrogen-bond acceptors (Lipinski definition) is 5. The van der Waals surface area contributed by atoms with Gasteiger partial charge in [-0.2, -0.15) is 4.31 Å². The Morgan fingerprint density at radius 3 is 2.72 bits per heavy atom. The lowest BCUT2D eigenvalue weighted by atomic mass is 9.80. The summed E-state index contributed by atoms with van der Waals surface area (Å²) in [5, 5.41) is 3.25. The molecule has 2 saturated heterocycles. The Labute approximate surface area is 148 Å². The molecule has 138 valence electrons. The van der Waals surface area contributed by atoms with Gasteiger partial charge in [0.25, 0.3) is 0 Å². The van der Waals surface area contributed by atoms with Gasteiger partial charge in [-0.1, -0.05) is 0 Å². The molecule has 4 rings (SSSR count). The molecule has 0 unspecified atom stereocenters. The predicted octanol–water partition coefficient (Wildman–Crippen LogP) is -0.203. The highest BCUT2D eigenvalue weighted by Crippen LogP contribution is 2.43. The van der Waals surface area contributed by atoms with Crippen molar-refractivity contribution in [3.8, 4) is 0 Å². The normalized spacial score (nSPS) is 26.8. The molecular weight excluding hydrogens is 342 g/mol. The zero-order valence-electron chi connectivity index (χ0n) is 14.5. The number of imidazole rings is 1. The van der Waals surface area contributed by atoms with Crippen LogP contribution < -0.4 is 5.32 Å². The highest BCUT2D eigenvalue weighted by molar-refractivity contribution is 7.88. The van der Waals surface area contributed by atoms with E-state index in [0.29, 0.717) is 38.9 Å². The van der Waals surface area contributed by atoms with Crippen molar-refractivity contribution in [2.24, 2.45) is 0 Å². The van der Waals surface area contributed by atoms with E-state index in [1.165, 1.54) is 6.26 Å². The summed E-state index contributed by atoms with van der Waals surface area (Å²) in [4.78, 5) is 22.2. The van der Waals surface area contributed by atoms with Gasteiger partial charge in [0.2, 0.25) is 15.9 Å². The zero-order valence-corrected chi connectivity index (χ0v) is 15.3. The molecule has 4 heterocycles. The number of carbonyl (C=O) groups excluding carboxylic acids is 1. The second kappa shape index (κ2) is 6.07. The van der Waals surface area contributed by atoms with Crippen LogP contribution in [0.15, 0.2) is 6.33 Å². The summed E-state index contributed by atoms with van der Waals surface area (Å²) in [6.07, 6.45) is 6.68. The second-order valence-electron chi connectivity index (χ2n) is 7.32. The number of nitrogens with one attached hydrogen (secondary N) is 2. The minimum absolute atomic E-state index is 0.0765. The van der Waals surface area contributed by atoms with E-state index in [2.05, 4.69) is 15.3 Å². The van der Waals surface area contributed by atoms with E-state index in [9.17, 15) is 13.2 Å². The van der Waals surface area contributed by atoms with Crippen LogP contribution in [0, 0.1) is 0 Å². The molecule has 9 heteroatoms. The lowest BCUT2D eigenvalue weighted by Gasteiger charge is -2.49. The molecule has 0 radical (unpaired) electrons. The van der Waals surface area contributed by atoms with Gasteiger partial charge < -0.3 is 15.2 Å². The van der Waals surface area contributed by atoms with Crippen LogP contribution in [0.2, 0.25) is 0 Å². The average Bonchev–Trinajstić information content (AvgIpc) is 3.26. The van der Waals surface area contributed by atoms with E-state index < -0.39 is 15.6 Å². The molecule has 1 aromatic heterocycles. The Kier molecular flexibility index (Phi) is 4.12. The van der Waals surface area contributed by atoms with E-state index in [4.69, 9.17) is 0 Å². The summed E-state index contributed by atoms with van der Waals surface area (Å²) < 4.78 is 26.4. The number of rotatable bonds is 2. The van der Waals surface area contributed by atoms with Crippen molar-refractivity contribution in [1.82, 2.24) is 24.5 Å². The van der Waals surface area contributed by atoms with Gasteiger partial charge in [-0.25, -0.2) is 13.4 Å². The van der Waals surface area contributed by atoms with Crippen LogP contribution in [0.5, 0.6) is 0 Å². The number of H-pyrrole nitrogens is 1. The van der Waals surface area contributed by atoms with Crippen molar-refractivity contribution in [2.75, 3.05) is 32.4 Å². The topological polar surface area (TPSA) is 98.4 Å². The lowest BCUT2D eigenvalue weighted by molar-refractivity contribution is -0.135. The molecule has 1 atom stereocenters. The van der Waals surface area contributed by atoms with E-state index >= 15 is 0 Å². The standard InChI is InChI=1S/C16H25N5O3S/c1-25(23,24)21-8-4-12-14(19-11-18-12)16(21)5-9-20(10-6-16)15(22)13-3-2-7-17-13/h11,13,17H,2-10H2,1H3,(H,18,19)/t13-/m0/s1. The summed E-state index contributed by atoms with van der Waals surface area (Å²) in [6.45, 7) is 2.49. The molecular formula is C16H25N5O3S. The molecule has 2 N–H and O–H groups in total. The number of hydrogen-bond donors (Lipinski definition) is 2. The van der Waals surface area contributed by atoms with Gasteiger partial charge in [0.05, 0.1) is 29.9 Å². The molecule has 3 aliphatic heterocycles. The third kappa shape index (κ3) is 2.78. The number of sulfonamides is 1. The molecule has 8 nitrogen and oxygen atoms in total. The number of amides is 1. The van der Waals surface area contributed by atoms with Crippen molar-refractivity contribution in [1.29, 1.82) is 0 Å². The highest BCUT2D eigenvalue weighted by Gasteiger charge is 2.51. The van der Waals surface area contributed by atoms with Crippen LogP contribution in [0.25, 0.3) is 0 Å². The van der Waals surface area contributed by atoms with Crippen molar-refractivity contribution in [2.45, 2.75) is 43.7 Å². The summed E-state index contributed by atoms with van der Waals surface area (Å²) >= 11 is 0. The van der Waals surface area contributed by atoms with E-state index in [1.54, 1.807) is 10.6 Å². The smallest absolute Gasteiger partial charge is 0.239 e. The van der Waals surface area contributed by atoms with Crippen LogP contribution in [-0.2, 0) is 26.8 Å². The van der Waals surface area contributed by atoms with Crippen molar-refractivity contribution < 1.29 is 13.2 Å².